The maximum atomic E-state index is 12.3. The number of hydrogen-bond acceptors (Lipinski definition) is 2. The molecular weight excluding hydrogens is 336 g/mol. The molecule has 0 spiro atoms. The van der Waals surface area contributed by atoms with Crippen molar-refractivity contribution in [3.8, 4) is 5.75 Å². The molecule has 0 bridgehead atoms. The van der Waals surface area contributed by atoms with Gasteiger partial charge in [0.25, 0.3) is 0 Å². The first-order chi connectivity index (χ1) is 12.1. The summed E-state index contributed by atoms with van der Waals surface area (Å²) in [6, 6.07) is 14.6. The minimum absolute atomic E-state index is 0.0562. The second kappa shape index (κ2) is 8.26. The number of amides is 2. The Morgan fingerprint density at radius 3 is 2.56 bits per heavy atom. The Hall–Kier alpha value is -2.20. The molecule has 3 rings (SSSR count). The lowest BCUT2D eigenvalue weighted by Crippen LogP contribution is -2.41. The van der Waals surface area contributed by atoms with Gasteiger partial charge in [-0.25, -0.2) is 4.79 Å². The number of hydrogen-bond donors (Lipinski definition) is 2. The summed E-state index contributed by atoms with van der Waals surface area (Å²) in [7, 11) is 0. The monoisotopic (exact) mass is 358 g/mol. The summed E-state index contributed by atoms with van der Waals surface area (Å²) in [5.41, 5.74) is 1.98. The average Bonchev–Trinajstić information content (AvgIpc) is 2.62. The highest BCUT2D eigenvalue weighted by Gasteiger charge is 2.22. The molecule has 2 aromatic rings. The number of likely N-dealkylation sites (tertiary alicyclic amines) is 1. The lowest BCUT2D eigenvalue weighted by Gasteiger charge is -2.32. The third-order valence-electron chi connectivity index (χ3n) is 4.76. The van der Waals surface area contributed by atoms with Crippen LogP contribution in [0.3, 0.4) is 0 Å². The van der Waals surface area contributed by atoms with Crippen LogP contribution in [0.25, 0.3) is 0 Å². The van der Waals surface area contributed by atoms with Gasteiger partial charge in [0.15, 0.2) is 0 Å². The van der Waals surface area contributed by atoms with Crippen LogP contribution < -0.4 is 5.32 Å². The van der Waals surface area contributed by atoms with Gasteiger partial charge in [0, 0.05) is 23.8 Å². The number of carbonyl (C=O) groups excluding carboxylic acids is 1. The van der Waals surface area contributed by atoms with Gasteiger partial charge in [-0.2, -0.15) is 0 Å². The van der Waals surface area contributed by atoms with Crippen LogP contribution in [0.15, 0.2) is 48.5 Å². The normalized spacial score (nSPS) is 15.2. The van der Waals surface area contributed by atoms with Crippen molar-refractivity contribution >= 4 is 23.3 Å². The van der Waals surface area contributed by atoms with E-state index >= 15 is 0 Å². The Morgan fingerprint density at radius 1 is 1.16 bits per heavy atom. The van der Waals surface area contributed by atoms with Crippen LogP contribution in [0.5, 0.6) is 5.75 Å². The Kier molecular flexibility index (Phi) is 5.82. The van der Waals surface area contributed by atoms with E-state index in [0.717, 1.165) is 44.5 Å². The molecule has 1 aliphatic heterocycles. The second-order valence-corrected chi connectivity index (χ2v) is 7.01. The van der Waals surface area contributed by atoms with Crippen LogP contribution in [0.4, 0.5) is 10.5 Å². The van der Waals surface area contributed by atoms with E-state index in [1.54, 1.807) is 24.3 Å². The molecule has 0 radical (unpaired) electrons. The molecule has 0 atom stereocenters. The highest BCUT2D eigenvalue weighted by molar-refractivity contribution is 6.30. The number of carbonyl (C=O) groups is 1. The van der Waals surface area contributed by atoms with Gasteiger partial charge in [-0.1, -0.05) is 29.8 Å². The number of piperidine rings is 1. The number of rotatable bonds is 4. The third kappa shape index (κ3) is 5.13. The van der Waals surface area contributed by atoms with E-state index in [2.05, 4.69) is 5.32 Å². The molecule has 1 aliphatic rings. The first-order valence-corrected chi connectivity index (χ1v) is 9.07. The van der Waals surface area contributed by atoms with Crippen LogP contribution in [0, 0.1) is 5.92 Å². The highest BCUT2D eigenvalue weighted by Crippen LogP contribution is 2.24. The molecule has 5 heteroatoms. The summed E-state index contributed by atoms with van der Waals surface area (Å²) >= 11 is 5.95. The number of benzene rings is 2. The zero-order valence-electron chi connectivity index (χ0n) is 14.1. The number of nitrogens with zero attached hydrogens (tertiary/aromatic N) is 1. The SMILES string of the molecule is O=C(Nc1cccc(Cl)c1)N1CCC(CCc2ccc(O)cc2)CC1. The van der Waals surface area contributed by atoms with Crippen LogP contribution in [0.2, 0.25) is 5.02 Å². The summed E-state index contributed by atoms with van der Waals surface area (Å²) in [5.74, 6) is 0.951. The summed E-state index contributed by atoms with van der Waals surface area (Å²) in [6.07, 6.45) is 4.19. The van der Waals surface area contributed by atoms with E-state index in [4.69, 9.17) is 11.6 Å². The van der Waals surface area contributed by atoms with Crippen LogP contribution >= 0.6 is 11.6 Å². The van der Waals surface area contributed by atoms with Gasteiger partial charge in [0.05, 0.1) is 0 Å². The molecule has 2 amide bonds. The van der Waals surface area contributed by atoms with Gasteiger partial charge in [0.2, 0.25) is 0 Å². The van der Waals surface area contributed by atoms with E-state index < -0.39 is 0 Å². The Balaban J connectivity index is 1.43. The third-order valence-corrected chi connectivity index (χ3v) is 4.99. The molecule has 1 saturated heterocycles. The smallest absolute Gasteiger partial charge is 0.321 e. The molecule has 0 aliphatic carbocycles. The average molecular weight is 359 g/mol. The van der Waals surface area contributed by atoms with E-state index in [1.165, 1.54) is 5.56 Å². The van der Waals surface area contributed by atoms with Crippen molar-refractivity contribution in [2.24, 2.45) is 5.92 Å². The fourth-order valence-electron chi connectivity index (χ4n) is 3.23. The van der Waals surface area contributed by atoms with Gasteiger partial charge in [-0.15, -0.1) is 0 Å². The number of urea groups is 1. The van der Waals surface area contributed by atoms with Crippen molar-refractivity contribution in [3.63, 3.8) is 0 Å². The van der Waals surface area contributed by atoms with Crippen molar-refractivity contribution in [3.05, 3.63) is 59.1 Å². The van der Waals surface area contributed by atoms with Crippen molar-refractivity contribution in [2.45, 2.75) is 25.7 Å². The molecule has 2 aromatic carbocycles. The van der Waals surface area contributed by atoms with E-state index in [-0.39, 0.29) is 6.03 Å². The molecule has 1 heterocycles. The number of phenolic OH excluding ortho intramolecular Hbond substituents is 1. The minimum atomic E-state index is -0.0562. The largest absolute Gasteiger partial charge is 0.508 e. The van der Waals surface area contributed by atoms with Crippen LogP contribution in [-0.4, -0.2) is 29.1 Å². The maximum Gasteiger partial charge on any atom is 0.321 e. The maximum absolute atomic E-state index is 12.3. The Morgan fingerprint density at radius 2 is 1.88 bits per heavy atom. The molecule has 2 N–H and O–H groups in total. The van der Waals surface area contributed by atoms with Crippen molar-refractivity contribution in [1.82, 2.24) is 4.90 Å². The minimum Gasteiger partial charge on any atom is -0.508 e. The van der Waals surface area contributed by atoms with Gasteiger partial charge in [-0.05, 0) is 67.5 Å². The Bertz CT molecular complexity index is 710. The summed E-state index contributed by atoms with van der Waals surface area (Å²) in [5, 5.41) is 12.9. The van der Waals surface area contributed by atoms with Crippen molar-refractivity contribution in [1.29, 1.82) is 0 Å². The van der Waals surface area contributed by atoms with Gasteiger partial charge in [0.1, 0.15) is 5.75 Å². The molecule has 25 heavy (non-hydrogen) atoms. The Labute approximate surface area is 153 Å². The second-order valence-electron chi connectivity index (χ2n) is 6.58. The van der Waals surface area contributed by atoms with Gasteiger partial charge < -0.3 is 15.3 Å². The summed E-state index contributed by atoms with van der Waals surface area (Å²) < 4.78 is 0. The number of phenols is 1. The molecule has 0 unspecified atom stereocenters. The first kappa shape index (κ1) is 17.6. The number of nitrogens with one attached hydrogen (secondary N) is 1. The zero-order valence-corrected chi connectivity index (χ0v) is 14.9. The molecule has 4 nitrogen and oxygen atoms in total. The van der Waals surface area contributed by atoms with E-state index in [9.17, 15) is 9.90 Å². The quantitative estimate of drug-likeness (QED) is 0.814. The summed E-state index contributed by atoms with van der Waals surface area (Å²) in [4.78, 5) is 14.2. The van der Waals surface area contributed by atoms with Crippen molar-refractivity contribution < 1.29 is 9.90 Å². The number of halogens is 1. The van der Waals surface area contributed by atoms with E-state index in [1.807, 2.05) is 29.2 Å². The number of anilines is 1. The molecule has 1 fully saturated rings. The topological polar surface area (TPSA) is 52.6 Å². The highest BCUT2D eigenvalue weighted by atomic mass is 35.5. The molecule has 0 aromatic heterocycles. The van der Waals surface area contributed by atoms with Crippen molar-refractivity contribution in [2.75, 3.05) is 18.4 Å². The number of aryl methyl sites for hydroxylation is 1. The predicted molar refractivity (Wildman–Crippen MR) is 101 cm³/mol. The predicted octanol–water partition coefficient (Wildman–Crippen LogP) is 4.92. The standard InChI is InChI=1S/C20H23ClN2O2/c21-17-2-1-3-18(14-17)22-20(25)23-12-10-16(11-13-23)5-4-15-6-8-19(24)9-7-15/h1-3,6-9,14,16,24H,4-5,10-13H2,(H,22,25). The lowest BCUT2D eigenvalue weighted by molar-refractivity contribution is 0.180. The van der Waals surface area contributed by atoms with Gasteiger partial charge >= 0.3 is 6.03 Å². The fraction of sp³-hybridized carbons (Fsp3) is 0.350. The molecular formula is C20H23ClN2O2. The first-order valence-electron chi connectivity index (χ1n) is 8.69. The molecule has 0 saturated carbocycles. The summed E-state index contributed by atoms with van der Waals surface area (Å²) in [6.45, 7) is 1.57. The fourth-order valence-corrected chi connectivity index (χ4v) is 3.42. The van der Waals surface area contributed by atoms with E-state index in [0.29, 0.717) is 16.7 Å². The molecule has 132 valence electrons. The number of aromatic hydroxyl groups is 1. The lowest BCUT2D eigenvalue weighted by atomic mass is 9.90. The van der Waals surface area contributed by atoms with Gasteiger partial charge in [-0.3, -0.25) is 0 Å². The van der Waals surface area contributed by atoms with Crippen LogP contribution in [-0.2, 0) is 6.42 Å². The van der Waals surface area contributed by atoms with Crippen LogP contribution in [0.1, 0.15) is 24.8 Å². The zero-order chi connectivity index (χ0) is 17.6.